The van der Waals surface area contributed by atoms with Gasteiger partial charge in [0.1, 0.15) is 0 Å². The first-order chi connectivity index (χ1) is 14.0. The molecule has 29 heavy (non-hydrogen) atoms. The molecule has 0 aliphatic carbocycles. The minimum absolute atomic E-state index is 0.163. The number of nitrogens with zero attached hydrogens (tertiary/aromatic N) is 3. The van der Waals surface area contributed by atoms with Crippen molar-refractivity contribution in [1.29, 1.82) is 0 Å². The van der Waals surface area contributed by atoms with Gasteiger partial charge in [-0.15, -0.1) is 11.3 Å². The molecule has 10 heteroatoms. The van der Waals surface area contributed by atoms with E-state index in [1.807, 2.05) is 37.3 Å². The van der Waals surface area contributed by atoms with E-state index < -0.39 is 5.97 Å². The zero-order valence-corrected chi connectivity index (χ0v) is 16.8. The molecule has 1 aliphatic heterocycles. The van der Waals surface area contributed by atoms with Crippen molar-refractivity contribution >= 4 is 50.8 Å². The molecule has 1 amide bonds. The molecule has 0 bridgehead atoms. The highest BCUT2D eigenvalue weighted by Gasteiger charge is 2.29. The third-order valence-corrected chi connectivity index (χ3v) is 5.76. The number of benzene rings is 1. The van der Waals surface area contributed by atoms with Crippen molar-refractivity contribution in [3.05, 3.63) is 69.3 Å². The van der Waals surface area contributed by atoms with Crippen LogP contribution in [0.4, 0.5) is 5.13 Å². The van der Waals surface area contributed by atoms with Gasteiger partial charge in [-0.25, -0.2) is 4.98 Å². The maximum absolute atomic E-state index is 12.7. The van der Waals surface area contributed by atoms with E-state index in [0.717, 1.165) is 22.4 Å². The lowest BCUT2D eigenvalue weighted by molar-refractivity contribution is -0.136. The van der Waals surface area contributed by atoms with Crippen molar-refractivity contribution in [2.45, 2.75) is 13.3 Å². The predicted octanol–water partition coefficient (Wildman–Crippen LogP) is 3.11. The van der Waals surface area contributed by atoms with Crippen LogP contribution in [0.1, 0.15) is 22.5 Å². The van der Waals surface area contributed by atoms with Crippen molar-refractivity contribution in [3.8, 4) is 0 Å². The lowest BCUT2D eigenvalue weighted by atomic mass is 10.0. The van der Waals surface area contributed by atoms with Gasteiger partial charge in [-0.3, -0.25) is 14.7 Å². The number of hydrogen-bond donors (Lipinski definition) is 3. The Bertz CT molecular complexity index is 1150. The first-order valence-electron chi connectivity index (χ1n) is 8.55. The molecule has 8 nitrogen and oxygen atoms in total. The molecule has 1 aliphatic rings. The Hall–Kier alpha value is -3.24. The van der Waals surface area contributed by atoms with E-state index in [-0.39, 0.29) is 12.3 Å². The fourth-order valence-corrected chi connectivity index (χ4v) is 4.50. The number of H-pyrrole nitrogens is 1. The van der Waals surface area contributed by atoms with Crippen LogP contribution in [0, 0.1) is 6.92 Å². The summed E-state index contributed by atoms with van der Waals surface area (Å²) in [6.45, 7) is 1.99. The number of amidine groups is 1. The number of amides is 1. The second kappa shape index (κ2) is 8.02. The Morgan fingerprint density at radius 1 is 1.31 bits per heavy atom. The number of thiazole rings is 1. The highest BCUT2D eigenvalue weighted by Crippen LogP contribution is 2.36. The summed E-state index contributed by atoms with van der Waals surface area (Å²) in [6.07, 6.45) is 1.47. The average molecular weight is 425 g/mol. The molecule has 0 atom stereocenters. The number of hydrogen-bond acceptors (Lipinski definition) is 7. The van der Waals surface area contributed by atoms with Crippen molar-refractivity contribution in [2.75, 3.05) is 0 Å². The van der Waals surface area contributed by atoms with Gasteiger partial charge in [0.2, 0.25) is 5.13 Å². The predicted molar refractivity (Wildman–Crippen MR) is 112 cm³/mol. The first-order valence-corrected chi connectivity index (χ1v) is 10.2. The summed E-state index contributed by atoms with van der Waals surface area (Å²) in [4.78, 5) is 32.6. The maximum Gasteiger partial charge on any atom is 0.309 e. The molecule has 2 aromatic heterocycles. The molecule has 0 spiro atoms. The van der Waals surface area contributed by atoms with Gasteiger partial charge >= 0.3 is 5.97 Å². The molecule has 3 heterocycles. The average Bonchev–Trinajstić information content (AvgIpc) is 3.39. The highest BCUT2D eigenvalue weighted by molar-refractivity contribution is 8.18. The second-order valence-corrected chi connectivity index (χ2v) is 8.04. The third kappa shape index (κ3) is 4.28. The van der Waals surface area contributed by atoms with Crippen LogP contribution in [0.3, 0.4) is 0 Å². The van der Waals surface area contributed by atoms with Gasteiger partial charge in [-0.05, 0) is 30.3 Å². The molecule has 4 rings (SSSR count). The van der Waals surface area contributed by atoms with Crippen LogP contribution in [0.25, 0.3) is 5.57 Å². The van der Waals surface area contributed by atoms with Gasteiger partial charge in [0, 0.05) is 17.2 Å². The number of nitrogens with one attached hydrogen (secondary N) is 2. The lowest BCUT2D eigenvalue weighted by Gasteiger charge is -2.09. The van der Waals surface area contributed by atoms with E-state index in [1.165, 1.54) is 23.1 Å². The number of rotatable bonds is 5. The van der Waals surface area contributed by atoms with Crippen molar-refractivity contribution in [3.63, 3.8) is 0 Å². The van der Waals surface area contributed by atoms with E-state index in [4.69, 9.17) is 5.11 Å². The Kier molecular flexibility index (Phi) is 5.28. The quantitative estimate of drug-likeness (QED) is 0.540. The number of carboxylic acids is 1. The molecule has 3 N–H and O–H groups in total. The first kappa shape index (κ1) is 19.1. The summed E-state index contributed by atoms with van der Waals surface area (Å²) in [5.74, 6) is -1.22. The number of carbonyl (C=O) groups excluding carboxylic acids is 1. The number of aromatic nitrogens is 3. The lowest BCUT2D eigenvalue weighted by Crippen LogP contribution is -2.20. The summed E-state index contributed by atoms with van der Waals surface area (Å²) in [5, 5.41) is 21.0. The van der Waals surface area contributed by atoms with Crippen molar-refractivity contribution in [2.24, 2.45) is 4.99 Å². The SMILES string of the molecule is Cc1cccc(C(=C2SC(=Nc3nc(CC(=O)O)cs3)NC2=O)c2ccn[nH]2)c1. The number of aliphatic carboxylic acids is 1. The fraction of sp³-hybridized carbons (Fsp3) is 0.105. The van der Waals surface area contributed by atoms with E-state index in [2.05, 4.69) is 25.5 Å². The van der Waals surface area contributed by atoms with Crippen LogP contribution >= 0.6 is 23.1 Å². The minimum atomic E-state index is -0.953. The molecule has 1 fully saturated rings. The summed E-state index contributed by atoms with van der Waals surface area (Å²) in [6, 6.07) is 9.69. The number of carbonyl (C=O) groups is 2. The van der Waals surface area contributed by atoms with Gasteiger partial charge in [0.25, 0.3) is 5.91 Å². The highest BCUT2D eigenvalue weighted by atomic mass is 32.2. The van der Waals surface area contributed by atoms with Crippen LogP contribution in [0.15, 0.2) is 51.8 Å². The van der Waals surface area contributed by atoms with Crippen LogP contribution in [-0.2, 0) is 16.0 Å². The summed E-state index contributed by atoms with van der Waals surface area (Å²) >= 11 is 2.44. The Morgan fingerprint density at radius 2 is 2.17 bits per heavy atom. The standard InChI is InChI=1S/C19H15N5O3S2/c1-10-3-2-4-11(7-10)15(13-5-6-20-24-13)16-17(27)22-19(29-16)23-18-21-12(9-28-18)8-14(25)26/h2-7,9H,8H2,1H3,(H,20,24)(H,25,26)(H,21,22,23,27). The van der Waals surface area contributed by atoms with E-state index in [1.54, 1.807) is 11.6 Å². The summed E-state index contributed by atoms with van der Waals surface area (Å²) < 4.78 is 0. The normalized spacial score (nSPS) is 16.9. The second-order valence-electron chi connectivity index (χ2n) is 6.21. The number of thioether (sulfide) groups is 1. The van der Waals surface area contributed by atoms with Gasteiger partial charge in [-0.1, -0.05) is 29.8 Å². The van der Waals surface area contributed by atoms with Crippen LogP contribution < -0.4 is 5.32 Å². The van der Waals surface area contributed by atoms with Crippen LogP contribution in [0.2, 0.25) is 0 Å². The molecule has 0 unspecified atom stereocenters. The largest absolute Gasteiger partial charge is 0.481 e. The molecule has 1 aromatic carbocycles. The summed E-state index contributed by atoms with van der Waals surface area (Å²) in [5.41, 5.74) is 3.87. The van der Waals surface area contributed by atoms with E-state index in [0.29, 0.717) is 20.9 Å². The van der Waals surface area contributed by atoms with E-state index >= 15 is 0 Å². The molecular weight excluding hydrogens is 410 g/mol. The monoisotopic (exact) mass is 425 g/mol. The molecular formula is C19H15N5O3S2. The third-order valence-electron chi connectivity index (χ3n) is 4.00. The molecule has 146 valence electrons. The number of carboxylic acid groups (broad SMARTS) is 1. The number of aromatic amines is 1. The Morgan fingerprint density at radius 3 is 2.90 bits per heavy atom. The van der Waals surface area contributed by atoms with Gasteiger partial charge in [0.15, 0.2) is 5.17 Å². The molecule has 1 saturated heterocycles. The Balaban J connectivity index is 1.71. The molecule has 0 saturated carbocycles. The summed E-state index contributed by atoms with van der Waals surface area (Å²) in [7, 11) is 0. The topological polar surface area (TPSA) is 120 Å². The van der Waals surface area contributed by atoms with Crippen LogP contribution in [0.5, 0.6) is 0 Å². The fourth-order valence-electron chi connectivity index (χ4n) is 2.81. The van der Waals surface area contributed by atoms with Crippen LogP contribution in [-0.4, -0.2) is 37.3 Å². The zero-order valence-electron chi connectivity index (χ0n) is 15.2. The maximum atomic E-state index is 12.7. The van der Waals surface area contributed by atoms with Gasteiger partial charge in [-0.2, -0.15) is 10.1 Å². The van der Waals surface area contributed by atoms with Crippen molar-refractivity contribution in [1.82, 2.24) is 20.5 Å². The molecule has 3 aromatic rings. The smallest absolute Gasteiger partial charge is 0.309 e. The number of aryl methyl sites for hydroxylation is 1. The van der Waals surface area contributed by atoms with E-state index in [9.17, 15) is 9.59 Å². The van der Waals surface area contributed by atoms with Gasteiger partial charge in [0.05, 0.1) is 22.7 Å². The Labute approximate surface area is 173 Å². The minimum Gasteiger partial charge on any atom is -0.481 e. The molecule has 0 radical (unpaired) electrons. The zero-order chi connectivity index (χ0) is 20.4. The van der Waals surface area contributed by atoms with Crippen molar-refractivity contribution < 1.29 is 14.7 Å². The number of aliphatic imine (C=N–C) groups is 1. The van der Waals surface area contributed by atoms with Gasteiger partial charge < -0.3 is 10.4 Å².